The van der Waals surface area contributed by atoms with Crippen molar-refractivity contribution in [3.05, 3.63) is 29.8 Å². The first-order chi connectivity index (χ1) is 10.3. The van der Waals surface area contributed by atoms with Gasteiger partial charge in [-0.05, 0) is 25.5 Å². The minimum atomic E-state index is -1.06. The van der Waals surface area contributed by atoms with Crippen LogP contribution in [0, 0.1) is 0 Å². The zero-order valence-electron chi connectivity index (χ0n) is 13.0. The summed E-state index contributed by atoms with van der Waals surface area (Å²) in [5.74, 6) is -1.53. The molecular weight excluding hydrogens is 284 g/mol. The van der Waals surface area contributed by atoms with E-state index >= 15 is 0 Å². The van der Waals surface area contributed by atoms with Gasteiger partial charge < -0.3 is 14.9 Å². The number of benzene rings is 1. The molecular formula is C16H20N2O4. The number of para-hydroxylation sites is 1. The van der Waals surface area contributed by atoms with Gasteiger partial charge in [-0.15, -0.1) is 0 Å². The van der Waals surface area contributed by atoms with E-state index < -0.39 is 11.4 Å². The molecule has 6 heteroatoms. The zero-order chi connectivity index (χ0) is 16.5. The summed E-state index contributed by atoms with van der Waals surface area (Å²) >= 11 is 0. The number of hydrogen-bond donors (Lipinski definition) is 1. The lowest BCUT2D eigenvalue weighted by Gasteiger charge is -2.26. The molecule has 0 saturated heterocycles. The Labute approximate surface area is 129 Å². The van der Waals surface area contributed by atoms with Crippen LogP contribution >= 0.6 is 0 Å². The van der Waals surface area contributed by atoms with Crippen LogP contribution < -0.4 is 4.90 Å². The maximum atomic E-state index is 12.6. The molecule has 1 unspecified atom stereocenters. The molecule has 22 heavy (non-hydrogen) atoms. The fraction of sp³-hybridized carbons (Fsp3) is 0.438. The quantitative estimate of drug-likeness (QED) is 0.888. The van der Waals surface area contributed by atoms with E-state index in [4.69, 9.17) is 5.11 Å². The van der Waals surface area contributed by atoms with E-state index in [1.807, 2.05) is 24.3 Å². The third-order valence-electron chi connectivity index (χ3n) is 4.20. The van der Waals surface area contributed by atoms with Crippen molar-refractivity contribution in [3.63, 3.8) is 0 Å². The van der Waals surface area contributed by atoms with Gasteiger partial charge in [0.1, 0.15) is 6.54 Å². The number of likely N-dealkylation sites (N-methyl/N-ethyl adjacent to an activating group) is 2. The number of fused-ring (bicyclic) bond motifs is 1. The maximum absolute atomic E-state index is 12.6. The lowest BCUT2D eigenvalue weighted by Crippen LogP contribution is -2.43. The summed E-state index contributed by atoms with van der Waals surface area (Å²) in [5.41, 5.74) is 0.653. The van der Waals surface area contributed by atoms with Crippen molar-refractivity contribution in [1.82, 2.24) is 4.90 Å². The Morgan fingerprint density at radius 1 is 1.32 bits per heavy atom. The molecule has 2 amide bonds. The van der Waals surface area contributed by atoms with Gasteiger partial charge in [0.05, 0.1) is 5.41 Å². The number of hydrogen-bond acceptors (Lipinski definition) is 3. The number of nitrogens with zero attached hydrogens (tertiary/aromatic N) is 2. The normalized spacial score (nSPS) is 20.0. The third-order valence-corrected chi connectivity index (χ3v) is 4.20. The van der Waals surface area contributed by atoms with Gasteiger partial charge in [0.15, 0.2) is 0 Å². The summed E-state index contributed by atoms with van der Waals surface area (Å²) in [6.45, 7) is 3.41. The predicted molar refractivity (Wildman–Crippen MR) is 81.7 cm³/mol. The molecule has 118 valence electrons. The second-order valence-electron chi connectivity index (χ2n) is 5.69. The van der Waals surface area contributed by atoms with Crippen molar-refractivity contribution < 1.29 is 19.5 Å². The van der Waals surface area contributed by atoms with Crippen LogP contribution in [0.15, 0.2) is 24.3 Å². The largest absolute Gasteiger partial charge is 0.480 e. The number of aliphatic carboxylic acids is 1. The van der Waals surface area contributed by atoms with Crippen LogP contribution in [-0.2, 0) is 19.8 Å². The molecule has 0 aromatic heterocycles. The number of carboxylic acids is 1. The number of anilines is 1. The van der Waals surface area contributed by atoms with E-state index in [0.29, 0.717) is 6.54 Å². The van der Waals surface area contributed by atoms with Crippen molar-refractivity contribution >= 4 is 23.5 Å². The summed E-state index contributed by atoms with van der Waals surface area (Å²) in [4.78, 5) is 38.7. The predicted octanol–water partition coefficient (Wildman–Crippen LogP) is 1.24. The molecule has 1 aromatic carbocycles. The monoisotopic (exact) mass is 304 g/mol. The van der Waals surface area contributed by atoms with Crippen LogP contribution in [0.2, 0.25) is 0 Å². The summed E-state index contributed by atoms with van der Waals surface area (Å²) in [6.07, 6.45) is -0.0334. The molecule has 0 spiro atoms. The van der Waals surface area contributed by atoms with E-state index in [9.17, 15) is 14.4 Å². The van der Waals surface area contributed by atoms with Gasteiger partial charge in [-0.3, -0.25) is 14.4 Å². The average molecular weight is 304 g/mol. The highest BCUT2D eigenvalue weighted by atomic mass is 16.4. The van der Waals surface area contributed by atoms with Crippen LogP contribution in [0.1, 0.15) is 25.8 Å². The van der Waals surface area contributed by atoms with Crippen LogP contribution in [0.5, 0.6) is 0 Å². The molecule has 1 aliphatic heterocycles. The molecule has 0 radical (unpaired) electrons. The van der Waals surface area contributed by atoms with Crippen LogP contribution in [0.4, 0.5) is 5.69 Å². The van der Waals surface area contributed by atoms with Gasteiger partial charge in [0.2, 0.25) is 11.8 Å². The summed E-state index contributed by atoms with van der Waals surface area (Å²) < 4.78 is 0. The third kappa shape index (κ3) is 2.56. The molecule has 0 bridgehead atoms. The topological polar surface area (TPSA) is 77.9 Å². The molecule has 2 rings (SSSR count). The van der Waals surface area contributed by atoms with E-state index in [2.05, 4.69) is 0 Å². The van der Waals surface area contributed by atoms with Gasteiger partial charge in [0.25, 0.3) is 0 Å². The van der Waals surface area contributed by atoms with Gasteiger partial charge in [0, 0.05) is 25.7 Å². The zero-order valence-corrected chi connectivity index (χ0v) is 13.0. The van der Waals surface area contributed by atoms with Crippen molar-refractivity contribution in [2.75, 3.05) is 25.0 Å². The molecule has 0 aliphatic carbocycles. The molecule has 1 N–H and O–H groups in total. The highest BCUT2D eigenvalue weighted by molar-refractivity contribution is 6.09. The van der Waals surface area contributed by atoms with Gasteiger partial charge in [-0.25, -0.2) is 0 Å². The highest BCUT2D eigenvalue weighted by Gasteiger charge is 2.47. The Bertz CT molecular complexity index is 628. The maximum Gasteiger partial charge on any atom is 0.323 e. The van der Waals surface area contributed by atoms with Crippen LogP contribution in [0.25, 0.3) is 0 Å². The fourth-order valence-electron chi connectivity index (χ4n) is 2.95. The first kappa shape index (κ1) is 16.0. The minimum Gasteiger partial charge on any atom is -0.480 e. The van der Waals surface area contributed by atoms with Gasteiger partial charge in [-0.2, -0.15) is 0 Å². The van der Waals surface area contributed by atoms with Crippen LogP contribution in [-0.4, -0.2) is 47.9 Å². The Morgan fingerprint density at radius 2 is 1.95 bits per heavy atom. The Balaban J connectivity index is 2.30. The molecule has 0 saturated carbocycles. The second kappa shape index (κ2) is 5.79. The van der Waals surface area contributed by atoms with Crippen LogP contribution in [0.3, 0.4) is 0 Å². The Hall–Kier alpha value is -2.37. The summed E-state index contributed by atoms with van der Waals surface area (Å²) in [5, 5.41) is 8.87. The van der Waals surface area contributed by atoms with Gasteiger partial charge in [-0.1, -0.05) is 18.2 Å². The van der Waals surface area contributed by atoms with E-state index in [1.165, 1.54) is 4.90 Å². The number of carbonyl (C=O) groups is 3. The lowest BCUT2D eigenvalue weighted by atomic mass is 9.80. The van der Waals surface area contributed by atoms with E-state index in [1.54, 1.807) is 25.8 Å². The van der Waals surface area contributed by atoms with Crippen molar-refractivity contribution in [3.8, 4) is 0 Å². The van der Waals surface area contributed by atoms with Gasteiger partial charge >= 0.3 is 5.97 Å². The smallest absolute Gasteiger partial charge is 0.323 e. The van der Waals surface area contributed by atoms with Crippen molar-refractivity contribution in [2.24, 2.45) is 0 Å². The molecule has 6 nitrogen and oxygen atoms in total. The van der Waals surface area contributed by atoms with E-state index in [-0.39, 0.29) is 24.8 Å². The first-order valence-electron chi connectivity index (χ1n) is 7.18. The lowest BCUT2D eigenvalue weighted by molar-refractivity contribution is -0.145. The fourth-order valence-corrected chi connectivity index (χ4v) is 2.95. The highest BCUT2D eigenvalue weighted by Crippen LogP contribution is 2.43. The second-order valence-corrected chi connectivity index (χ2v) is 5.69. The van der Waals surface area contributed by atoms with Crippen molar-refractivity contribution in [2.45, 2.75) is 25.7 Å². The molecule has 0 fully saturated rings. The molecule has 1 atom stereocenters. The SMILES string of the molecule is CCN(CC(=O)O)C(=O)CC1(C)C(=O)N(C)c2ccccc21. The number of carbonyl (C=O) groups excluding carboxylic acids is 2. The molecule has 1 heterocycles. The number of rotatable bonds is 5. The molecule has 1 aromatic rings. The molecule has 1 aliphatic rings. The standard InChI is InChI=1S/C16H20N2O4/c1-4-18(10-14(20)21)13(19)9-16(2)11-7-5-6-8-12(11)17(3)15(16)22/h5-8H,4,9-10H2,1-3H3,(H,20,21). The Kier molecular flexibility index (Phi) is 4.21. The summed E-state index contributed by atoms with van der Waals surface area (Å²) in [7, 11) is 1.69. The number of carboxylic acid groups (broad SMARTS) is 1. The first-order valence-corrected chi connectivity index (χ1v) is 7.18. The number of amides is 2. The Morgan fingerprint density at radius 3 is 2.55 bits per heavy atom. The van der Waals surface area contributed by atoms with Crippen molar-refractivity contribution in [1.29, 1.82) is 0 Å². The average Bonchev–Trinajstić information content (AvgIpc) is 2.67. The summed E-state index contributed by atoms with van der Waals surface area (Å²) in [6, 6.07) is 7.37. The van der Waals surface area contributed by atoms with E-state index in [0.717, 1.165) is 11.3 Å². The minimum absolute atomic E-state index is 0.0334.